The van der Waals surface area contributed by atoms with E-state index in [4.69, 9.17) is 32.4 Å². The molecule has 0 saturated carbocycles. The fourth-order valence-electron chi connectivity index (χ4n) is 2.41. The number of nitrogens with one attached hydrogen (secondary N) is 2. The van der Waals surface area contributed by atoms with Crippen LogP contribution in [0.15, 0.2) is 65.3 Å². The maximum atomic E-state index is 13.6. The zero-order chi connectivity index (χ0) is 22.5. The van der Waals surface area contributed by atoms with Crippen LogP contribution in [-0.2, 0) is 4.79 Å². The first-order chi connectivity index (χ1) is 14.7. The standard InChI is InChI=1S/C21H14Cl2F2N2O4/c1-11(26-20(28)10-30-13-3-5-15(23)17(25)9-13)27-21(29)19-7-6-18(31-19)12-2-4-14(22)16(24)8-12/h2-9H,1,10H2,(H,26,28)(H,27,29). The molecule has 0 spiro atoms. The van der Waals surface area contributed by atoms with Crippen LogP contribution in [-0.4, -0.2) is 18.4 Å². The summed E-state index contributed by atoms with van der Waals surface area (Å²) in [6.45, 7) is 3.07. The predicted molar refractivity (Wildman–Crippen MR) is 111 cm³/mol. The lowest BCUT2D eigenvalue weighted by Gasteiger charge is -2.10. The van der Waals surface area contributed by atoms with Crippen LogP contribution in [0.5, 0.6) is 5.75 Å². The van der Waals surface area contributed by atoms with E-state index in [1.807, 2.05) is 0 Å². The smallest absolute Gasteiger partial charge is 0.292 e. The second-order valence-corrected chi connectivity index (χ2v) is 6.95. The highest BCUT2D eigenvalue weighted by atomic mass is 35.5. The van der Waals surface area contributed by atoms with Crippen LogP contribution < -0.4 is 15.4 Å². The number of hydrogen-bond acceptors (Lipinski definition) is 4. The molecule has 1 heterocycles. The summed E-state index contributed by atoms with van der Waals surface area (Å²) in [6.07, 6.45) is 0. The Hall–Kier alpha value is -3.36. The summed E-state index contributed by atoms with van der Waals surface area (Å²) in [7, 11) is 0. The number of rotatable bonds is 7. The summed E-state index contributed by atoms with van der Waals surface area (Å²) in [5.41, 5.74) is 0.392. The van der Waals surface area contributed by atoms with E-state index in [1.165, 1.54) is 42.5 Å². The van der Waals surface area contributed by atoms with Crippen LogP contribution in [0.4, 0.5) is 8.78 Å². The van der Waals surface area contributed by atoms with Gasteiger partial charge in [0.2, 0.25) is 0 Å². The van der Waals surface area contributed by atoms with Gasteiger partial charge in [0.25, 0.3) is 11.8 Å². The van der Waals surface area contributed by atoms with E-state index in [0.717, 1.165) is 6.07 Å². The Morgan fingerprint density at radius 3 is 2.32 bits per heavy atom. The fourth-order valence-corrected chi connectivity index (χ4v) is 2.65. The van der Waals surface area contributed by atoms with Crippen molar-refractivity contribution >= 4 is 35.0 Å². The first-order valence-electron chi connectivity index (χ1n) is 8.66. The monoisotopic (exact) mass is 466 g/mol. The van der Waals surface area contributed by atoms with Crippen molar-refractivity contribution < 1.29 is 27.5 Å². The van der Waals surface area contributed by atoms with Gasteiger partial charge in [-0.3, -0.25) is 9.59 Å². The highest BCUT2D eigenvalue weighted by Crippen LogP contribution is 2.26. The third kappa shape index (κ3) is 5.84. The summed E-state index contributed by atoms with van der Waals surface area (Å²) in [5, 5.41) is 4.54. The molecule has 0 aliphatic rings. The van der Waals surface area contributed by atoms with E-state index in [-0.39, 0.29) is 33.1 Å². The summed E-state index contributed by atoms with van der Waals surface area (Å²) < 4.78 is 37.5. The molecule has 10 heteroatoms. The normalized spacial score (nSPS) is 10.5. The van der Waals surface area contributed by atoms with Crippen molar-refractivity contribution in [3.8, 4) is 17.1 Å². The molecule has 160 valence electrons. The zero-order valence-electron chi connectivity index (χ0n) is 15.7. The van der Waals surface area contributed by atoms with Gasteiger partial charge in [0, 0.05) is 11.6 Å². The Morgan fingerprint density at radius 1 is 0.968 bits per heavy atom. The lowest BCUT2D eigenvalue weighted by Crippen LogP contribution is -2.36. The number of benzene rings is 2. The maximum Gasteiger partial charge on any atom is 0.292 e. The van der Waals surface area contributed by atoms with Crippen molar-refractivity contribution in [2.45, 2.75) is 0 Å². The molecule has 31 heavy (non-hydrogen) atoms. The average molecular weight is 467 g/mol. The first-order valence-corrected chi connectivity index (χ1v) is 9.42. The van der Waals surface area contributed by atoms with E-state index < -0.39 is 30.1 Å². The third-order valence-electron chi connectivity index (χ3n) is 3.85. The molecule has 6 nitrogen and oxygen atoms in total. The van der Waals surface area contributed by atoms with E-state index >= 15 is 0 Å². The Balaban J connectivity index is 1.52. The minimum Gasteiger partial charge on any atom is -0.484 e. The van der Waals surface area contributed by atoms with Gasteiger partial charge in [0.15, 0.2) is 12.4 Å². The van der Waals surface area contributed by atoms with E-state index in [2.05, 4.69) is 17.2 Å². The summed E-state index contributed by atoms with van der Waals surface area (Å²) in [4.78, 5) is 24.2. The minimum atomic E-state index is -0.688. The molecular formula is C21H14Cl2F2N2O4. The summed E-state index contributed by atoms with van der Waals surface area (Å²) >= 11 is 11.2. The topological polar surface area (TPSA) is 80.6 Å². The largest absolute Gasteiger partial charge is 0.484 e. The molecule has 3 rings (SSSR count). The van der Waals surface area contributed by atoms with Crippen LogP contribution >= 0.6 is 23.2 Å². The molecule has 0 bridgehead atoms. The number of hydrogen-bond donors (Lipinski definition) is 2. The second-order valence-electron chi connectivity index (χ2n) is 6.14. The van der Waals surface area contributed by atoms with Crippen LogP contribution in [0.3, 0.4) is 0 Å². The quantitative estimate of drug-likeness (QED) is 0.517. The molecular weight excluding hydrogens is 453 g/mol. The van der Waals surface area contributed by atoms with Crippen molar-refractivity contribution in [2.75, 3.05) is 6.61 Å². The van der Waals surface area contributed by atoms with Gasteiger partial charge in [-0.2, -0.15) is 0 Å². The van der Waals surface area contributed by atoms with Gasteiger partial charge in [-0.05, 0) is 42.5 Å². The van der Waals surface area contributed by atoms with Gasteiger partial charge in [0.1, 0.15) is 29.0 Å². The van der Waals surface area contributed by atoms with Crippen LogP contribution in [0.25, 0.3) is 11.3 Å². The number of ether oxygens (including phenoxy) is 1. The molecule has 0 atom stereocenters. The predicted octanol–water partition coefficient (Wildman–Crippen LogP) is 4.93. The highest BCUT2D eigenvalue weighted by molar-refractivity contribution is 6.31. The summed E-state index contributed by atoms with van der Waals surface area (Å²) in [5.74, 6) is -2.50. The molecule has 2 N–H and O–H groups in total. The SMILES string of the molecule is C=C(NC(=O)COc1ccc(Cl)c(F)c1)NC(=O)c1ccc(-c2ccc(Cl)c(F)c2)o1. The van der Waals surface area contributed by atoms with Crippen molar-refractivity contribution in [2.24, 2.45) is 0 Å². The zero-order valence-corrected chi connectivity index (χ0v) is 17.2. The molecule has 0 aliphatic carbocycles. The van der Waals surface area contributed by atoms with Gasteiger partial charge in [-0.1, -0.05) is 29.8 Å². The highest BCUT2D eigenvalue weighted by Gasteiger charge is 2.15. The fraction of sp³-hybridized carbons (Fsp3) is 0.0476. The number of carbonyl (C=O) groups excluding carboxylic acids is 2. The van der Waals surface area contributed by atoms with E-state index in [9.17, 15) is 18.4 Å². The molecule has 0 radical (unpaired) electrons. The summed E-state index contributed by atoms with van der Waals surface area (Å²) in [6, 6.07) is 10.7. The number of furan rings is 1. The maximum absolute atomic E-state index is 13.6. The van der Waals surface area contributed by atoms with Gasteiger partial charge in [0.05, 0.1) is 10.0 Å². The lowest BCUT2D eigenvalue weighted by molar-refractivity contribution is -0.122. The van der Waals surface area contributed by atoms with Crippen LogP contribution in [0.2, 0.25) is 10.0 Å². The Morgan fingerprint density at radius 2 is 1.65 bits per heavy atom. The van der Waals surface area contributed by atoms with E-state index in [1.54, 1.807) is 0 Å². The van der Waals surface area contributed by atoms with Crippen molar-refractivity contribution in [3.63, 3.8) is 0 Å². The number of amides is 2. The van der Waals surface area contributed by atoms with Gasteiger partial charge in [-0.25, -0.2) is 8.78 Å². The number of halogens is 4. The average Bonchev–Trinajstić information content (AvgIpc) is 3.21. The van der Waals surface area contributed by atoms with Gasteiger partial charge < -0.3 is 19.8 Å². The molecule has 0 saturated heterocycles. The third-order valence-corrected chi connectivity index (χ3v) is 4.46. The Labute approximate surface area is 185 Å². The van der Waals surface area contributed by atoms with E-state index in [0.29, 0.717) is 5.56 Å². The molecule has 2 amide bonds. The van der Waals surface area contributed by atoms with Crippen LogP contribution in [0, 0.1) is 11.6 Å². The molecule has 3 aromatic rings. The lowest BCUT2D eigenvalue weighted by atomic mass is 10.2. The molecule has 0 aliphatic heterocycles. The molecule has 0 fully saturated rings. The Kier molecular flexibility index (Phi) is 6.94. The molecule has 1 aromatic heterocycles. The van der Waals surface area contributed by atoms with Gasteiger partial charge >= 0.3 is 0 Å². The second kappa shape index (κ2) is 9.63. The first kappa shape index (κ1) is 22.3. The Bertz CT molecular complexity index is 1160. The van der Waals surface area contributed by atoms with Crippen molar-refractivity contribution in [1.82, 2.24) is 10.6 Å². The molecule has 0 unspecified atom stereocenters. The molecule has 2 aromatic carbocycles. The number of carbonyl (C=O) groups is 2. The minimum absolute atomic E-state index is 0.0366. The van der Waals surface area contributed by atoms with Crippen LogP contribution in [0.1, 0.15) is 10.6 Å². The van der Waals surface area contributed by atoms with Crippen molar-refractivity contribution in [3.05, 3.63) is 88.4 Å². The van der Waals surface area contributed by atoms with Gasteiger partial charge in [-0.15, -0.1) is 0 Å². The van der Waals surface area contributed by atoms with Crippen molar-refractivity contribution in [1.29, 1.82) is 0 Å².